The van der Waals surface area contributed by atoms with E-state index < -0.39 is 0 Å². The van der Waals surface area contributed by atoms with E-state index in [2.05, 4.69) is 0 Å². The van der Waals surface area contributed by atoms with Crippen molar-refractivity contribution in [1.29, 1.82) is 0 Å². The molecule has 1 aliphatic rings. The molecule has 0 fully saturated rings. The number of rotatable bonds is 0. The number of nitrogens with two attached hydrogens (primary N) is 1. The zero-order valence-corrected chi connectivity index (χ0v) is 5.44. The molecule has 0 radical (unpaired) electrons. The molecule has 1 aliphatic heterocycles. The van der Waals surface area contributed by atoms with Gasteiger partial charge in [0.2, 0.25) is 0 Å². The van der Waals surface area contributed by atoms with Gasteiger partial charge in [-0.2, -0.15) is 0 Å². The van der Waals surface area contributed by atoms with E-state index in [-0.39, 0.29) is 0 Å². The van der Waals surface area contributed by atoms with Gasteiger partial charge in [0.15, 0.2) is 6.54 Å². The average Bonchev–Trinajstić information content (AvgIpc) is 1.85. The molecule has 1 rings (SSSR count). The molecular weight excluding hydrogens is 124 g/mol. The molecule has 0 atom stereocenters. The smallest absolute Gasteiger partial charge is 0.271 e. The Kier molecular flexibility index (Phi) is 1.26. The van der Waals surface area contributed by atoms with Gasteiger partial charge in [-0.25, -0.2) is 4.58 Å². The number of hydrogen-bond acceptors (Lipinski definition) is 1. The van der Waals surface area contributed by atoms with E-state index >= 15 is 0 Å². The van der Waals surface area contributed by atoms with E-state index in [0.717, 1.165) is 17.4 Å². The summed E-state index contributed by atoms with van der Waals surface area (Å²) in [7, 11) is 1.90. The fourth-order valence-electron chi connectivity index (χ4n) is 0.658. The topological polar surface area (TPSA) is 29.0 Å². The molecule has 0 aromatic heterocycles. The summed E-state index contributed by atoms with van der Waals surface area (Å²) in [5, 5.41) is 0.725. The first-order valence-corrected chi connectivity index (χ1v) is 2.77. The molecular formula is C5H8ClN2+. The van der Waals surface area contributed by atoms with E-state index in [1.807, 2.05) is 11.6 Å². The van der Waals surface area contributed by atoms with Crippen LogP contribution in [-0.4, -0.2) is 23.3 Å². The Balaban J connectivity index is 2.79. The van der Waals surface area contributed by atoms with Crippen LogP contribution in [0.25, 0.3) is 0 Å². The van der Waals surface area contributed by atoms with Gasteiger partial charge in [-0.15, -0.1) is 0 Å². The van der Waals surface area contributed by atoms with Gasteiger partial charge in [0, 0.05) is 6.08 Å². The van der Waals surface area contributed by atoms with Crippen LogP contribution in [0.5, 0.6) is 0 Å². The van der Waals surface area contributed by atoms with Gasteiger partial charge < -0.3 is 5.73 Å². The lowest BCUT2D eigenvalue weighted by Crippen LogP contribution is -2.09. The lowest BCUT2D eigenvalue weighted by atomic mass is 10.5. The molecule has 0 amide bonds. The van der Waals surface area contributed by atoms with Gasteiger partial charge in [0.1, 0.15) is 7.05 Å². The molecule has 0 aromatic rings. The fraction of sp³-hybridized carbons (Fsp3) is 0.400. The van der Waals surface area contributed by atoms with Gasteiger partial charge in [-0.1, -0.05) is 0 Å². The largest absolute Gasteiger partial charge is 0.397 e. The Hall–Kier alpha value is -0.500. The zero-order valence-electron chi connectivity index (χ0n) is 4.69. The predicted molar refractivity (Wildman–Crippen MR) is 34.2 cm³/mol. The summed E-state index contributed by atoms with van der Waals surface area (Å²) in [5.74, 6) is 0. The second-order valence-electron chi connectivity index (χ2n) is 1.90. The second-order valence-corrected chi connectivity index (χ2v) is 2.29. The summed E-state index contributed by atoms with van der Waals surface area (Å²) >= 11 is 5.64. The molecule has 1 heterocycles. The molecule has 0 bridgehead atoms. The lowest BCUT2D eigenvalue weighted by molar-refractivity contribution is -0.481. The number of halogens is 1. The van der Waals surface area contributed by atoms with Gasteiger partial charge >= 0.3 is 0 Å². The first kappa shape index (κ1) is 5.63. The van der Waals surface area contributed by atoms with Crippen molar-refractivity contribution in [3.63, 3.8) is 0 Å². The van der Waals surface area contributed by atoms with Crippen molar-refractivity contribution in [2.75, 3.05) is 13.6 Å². The van der Waals surface area contributed by atoms with E-state index in [0.29, 0.717) is 0 Å². The van der Waals surface area contributed by atoms with Crippen molar-refractivity contribution in [2.45, 2.75) is 0 Å². The first-order chi connectivity index (χ1) is 3.70. The van der Waals surface area contributed by atoms with Crippen LogP contribution in [0.2, 0.25) is 0 Å². The summed E-state index contributed by atoms with van der Waals surface area (Å²) in [6, 6.07) is 0. The normalized spacial score (nSPS) is 19.5. The summed E-state index contributed by atoms with van der Waals surface area (Å²) < 4.78 is 1.89. The number of hydrogen-bond donors (Lipinski definition) is 1. The SMILES string of the molecule is C[N+]1=C(Cl)C=C(N)C1. The minimum atomic E-state index is 0.725. The maximum atomic E-state index is 5.64. The molecule has 44 valence electrons. The van der Waals surface area contributed by atoms with Crippen molar-refractivity contribution in [3.05, 3.63) is 11.8 Å². The standard InChI is InChI=1S/C5H7ClN2/c1-8-3-4(7)2-5(8)6/h2,7H,3H2,1H3/p+1. The number of nitrogens with zero attached hydrogens (tertiary/aromatic N) is 1. The van der Waals surface area contributed by atoms with Gasteiger partial charge in [-0.3, -0.25) is 0 Å². The Labute approximate surface area is 53.3 Å². The lowest BCUT2D eigenvalue weighted by Gasteiger charge is -1.85. The maximum Gasteiger partial charge on any atom is 0.271 e. The fourth-order valence-corrected chi connectivity index (χ4v) is 0.858. The third kappa shape index (κ3) is 0.842. The third-order valence-electron chi connectivity index (χ3n) is 1.09. The maximum absolute atomic E-state index is 5.64. The van der Waals surface area contributed by atoms with Gasteiger partial charge in [0.25, 0.3) is 5.17 Å². The van der Waals surface area contributed by atoms with Crippen LogP contribution in [0, 0.1) is 0 Å². The first-order valence-electron chi connectivity index (χ1n) is 2.40. The summed E-state index contributed by atoms with van der Waals surface area (Å²) in [4.78, 5) is 0. The van der Waals surface area contributed by atoms with Crippen LogP contribution in [-0.2, 0) is 0 Å². The number of allylic oxidation sites excluding steroid dienone is 1. The highest BCUT2D eigenvalue weighted by molar-refractivity contribution is 6.67. The van der Waals surface area contributed by atoms with E-state index in [9.17, 15) is 0 Å². The Morgan fingerprint density at radius 2 is 2.50 bits per heavy atom. The molecule has 0 unspecified atom stereocenters. The Morgan fingerprint density at radius 3 is 2.62 bits per heavy atom. The van der Waals surface area contributed by atoms with Crippen LogP contribution in [0.15, 0.2) is 11.8 Å². The minimum absolute atomic E-state index is 0.725. The van der Waals surface area contributed by atoms with Gasteiger partial charge in [-0.05, 0) is 11.6 Å². The molecule has 0 aromatic carbocycles. The molecule has 0 spiro atoms. The van der Waals surface area contributed by atoms with Crippen LogP contribution >= 0.6 is 11.6 Å². The molecule has 2 N–H and O–H groups in total. The third-order valence-corrected chi connectivity index (χ3v) is 1.49. The van der Waals surface area contributed by atoms with Gasteiger partial charge in [0.05, 0.1) is 5.70 Å². The number of likely N-dealkylation sites (N-methyl/N-ethyl adjacent to an activating group) is 1. The van der Waals surface area contributed by atoms with Crippen molar-refractivity contribution < 1.29 is 4.58 Å². The molecule has 2 nitrogen and oxygen atoms in total. The van der Waals surface area contributed by atoms with Crippen LogP contribution < -0.4 is 5.73 Å². The molecule has 0 saturated carbocycles. The molecule has 8 heavy (non-hydrogen) atoms. The zero-order chi connectivity index (χ0) is 6.15. The van der Waals surface area contributed by atoms with Crippen LogP contribution in [0.1, 0.15) is 0 Å². The average molecular weight is 132 g/mol. The summed E-state index contributed by atoms with van der Waals surface area (Å²) in [6.45, 7) is 0.763. The van der Waals surface area contributed by atoms with Crippen molar-refractivity contribution >= 4 is 16.8 Å². The monoisotopic (exact) mass is 131 g/mol. The van der Waals surface area contributed by atoms with Crippen molar-refractivity contribution in [2.24, 2.45) is 5.73 Å². The summed E-state index contributed by atoms with van der Waals surface area (Å²) in [5.41, 5.74) is 6.26. The highest BCUT2D eigenvalue weighted by Crippen LogP contribution is 1.99. The Morgan fingerprint density at radius 1 is 1.88 bits per heavy atom. The predicted octanol–water partition coefficient (Wildman–Crippen LogP) is 0.122. The second kappa shape index (κ2) is 1.78. The highest BCUT2D eigenvalue weighted by Gasteiger charge is 2.13. The van der Waals surface area contributed by atoms with E-state index in [1.165, 1.54) is 0 Å². The molecule has 0 aliphatic carbocycles. The quantitative estimate of drug-likeness (QED) is 0.465. The minimum Gasteiger partial charge on any atom is -0.397 e. The highest BCUT2D eigenvalue weighted by atomic mass is 35.5. The van der Waals surface area contributed by atoms with E-state index in [4.69, 9.17) is 17.3 Å². The van der Waals surface area contributed by atoms with Crippen LogP contribution in [0.4, 0.5) is 0 Å². The van der Waals surface area contributed by atoms with E-state index in [1.54, 1.807) is 6.08 Å². The van der Waals surface area contributed by atoms with Crippen molar-refractivity contribution in [3.8, 4) is 0 Å². The summed E-state index contributed by atoms with van der Waals surface area (Å²) in [6.07, 6.45) is 1.77. The molecule has 0 saturated heterocycles. The van der Waals surface area contributed by atoms with Crippen LogP contribution in [0.3, 0.4) is 0 Å². The van der Waals surface area contributed by atoms with Crippen molar-refractivity contribution in [1.82, 2.24) is 0 Å². The Bertz CT molecular complexity index is 169. The molecule has 3 heteroatoms.